The van der Waals surface area contributed by atoms with E-state index in [1.54, 1.807) is 24.5 Å². The fourth-order valence-corrected chi connectivity index (χ4v) is 4.92. The van der Waals surface area contributed by atoms with Gasteiger partial charge in [-0.2, -0.15) is 0 Å². The predicted molar refractivity (Wildman–Crippen MR) is 150 cm³/mol. The maximum atomic E-state index is 15.1. The van der Waals surface area contributed by atoms with Crippen molar-refractivity contribution < 1.29 is 13.9 Å². The molecule has 0 aliphatic carbocycles. The molecule has 39 heavy (non-hydrogen) atoms. The number of nitrogens with zero attached hydrogens (tertiary/aromatic N) is 5. The van der Waals surface area contributed by atoms with Crippen LogP contribution in [0.1, 0.15) is 0 Å². The summed E-state index contributed by atoms with van der Waals surface area (Å²) in [6.07, 6.45) is 3.53. The van der Waals surface area contributed by atoms with Crippen molar-refractivity contribution >= 4 is 28.4 Å². The molecule has 10 heteroatoms. The Morgan fingerprint density at radius 2 is 1.82 bits per heavy atom. The summed E-state index contributed by atoms with van der Waals surface area (Å²) in [6.45, 7) is 8.42. The summed E-state index contributed by atoms with van der Waals surface area (Å²) in [5, 5.41) is 7.42. The lowest BCUT2D eigenvalue weighted by Gasteiger charge is -2.28. The molecule has 0 radical (unpaired) electrons. The molecular weight excluding hydrogens is 497 g/mol. The third-order valence-electron chi connectivity index (χ3n) is 7.06. The second kappa shape index (κ2) is 11.9. The van der Waals surface area contributed by atoms with E-state index in [0.717, 1.165) is 75.9 Å². The van der Waals surface area contributed by atoms with Crippen LogP contribution in [0.25, 0.3) is 22.0 Å². The zero-order chi connectivity index (χ0) is 26.4. The molecule has 6 rings (SSSR count). The Balaban J connectivity index is 1.20. The van der Waals surface area contributed by atoms with E-state index in [-0.39, 0.29) is 5.82 Å². The molecule has 0 spiro atoms. The number of aromatic nitrogens is 3. The van der Waals surface area contributed by atoms with Crippen molar-refractivity contribution in [2.24, 2.45) is 0 Å². The van der Waals surface area contributed by atoms with Gasteiger partial charge in [0.15, 0.2) is 0 Å². The quantitative estimate of drug-likeness (QED) is 0.355. The summed E-state index contributed by atoms with van der Waals surface area (Å²) in [7, 11) is 0. The van der Waals surface area contributed by atoms with Crippen molar-refractivity contribution in [2.45, 2.75) is 0 Å². The van der Waals surface area contributed by atoms with E-state index in [0.29, 0.717) is 34.9 Å². The van der Waals surface area contributed by atoms with Gasteiger partial charge in [0.1, 0.15) is 24.0 Å². The number of piperazine rings is 1. The van der Waals surface area contributed by atoms with Crippen molar-refractivity contribution in [3.63, 3.8) is 0 Å². The highest BCUT2D eigenvalue weighted by Crippen LogP contribution is 2.32. The Labute approximate surface area is 227 Å². The first-order chi connectivity index (χ1) is 19.2. The van der Waals surface area contributed by atoms with Crippen LogP contribution in [0.15, 0.2) is 60.9 Å². The average Bonchev–Trinajstić information content (AvgIpc) is 2.99. The molecule has 4 heterocycles. The van der Waals surface area contributed by atoms with Gasteiger partial charge in [0, 0.05) is 68.5 Å². The third kappa shape index (κ3) is 6.08. The molecule has 0 unspecified atom stereocenters. The van der Waals surface area contributed by atoms with Crippen LogP contribution >= 0.6 is 0 Å². The lowest BCUT2D eigenvalue weighted by molar-refractivity contribution is 0.0322. The maximum absolute atomic E-state index is 15.1. The van der Waals surface area contributed by atoms with Gasteiger partial charge in [0.2, 0.25) is 5.95 Å². The van der Waals surface area contributed by atoms with E-state index in [9.17, 15) is 0 Å². The molecule has 2 aliphatic rings. The van der Waals surface area contributed by atoms with E-state index >= 15 is 4.39 Å². The Kier molecular flexibility index (Phi) is 7.75. The highest BCUT2D eigenvalue weighted by atomic mass is 19.1. The van der Waals surface area contributed by atoms with Crippen molar-refractivity contribution in [1.29, 1.82) is 0 Å². The van der Waals surface area contributed by atoms with Crippen LogP contribution in [0.2, 0.25) is 0 Å². The second-order valence-electron chi connectivity index (χ2n) is 9.65. The summed E-state index contributed by atoms with van der Waals surface area (Å²) >= 11 is 0. The first kappa shape index (κ1) is 25.4. The van der Waals surface area contributed by atoms with Gasteiger partial charge in [-0.25, -0.2) is 19.3 Å². The Morgan fingerprint density at radius 3 is 2.64 bits per heavy atom. The number of ether oxygens (including phenoxy) is 2. The Hall–Kier alpha value is -3.86. The minimum atomic E-state index is -0.330. The van der Waals surface area contributed by atoms with Crippen LogP contribution in [0.3, 0.4) is 0 Å². The van der Waals surface area contributed by atoms with Gasteiger partial charge >= 0.3 is 0 Å². The number of para-hydroxylation sites is 1. The van der Waals surface area contributed by atoms with Crippen molar-refractivity contribution in [1.82, 2.24) is 25.2 Å². The van der Waals surface area contributed by atoms with Crippen LogP contribution < -0.4 is 20.3 Å². The number of nitrogens with one attached hydrogen (secondary N) is 2. The van der Waals surface area contributed by atoms with Gasteiger partial charge in [-0.15, -0.1) is 0 Å². The molecule has 2 saturated heterocycles. The molecule has 202 valence electrons. The van der Waals surface area contributed by atoms with Crippen molar-refractivity contribution in [2.75, 3.05) is 75.9 Å². The molecule has 0 amide bonds. The SMILES string of the molecule is Fc1ccc(OCCN2CCOCC2)cc1-c1cccc2cnc(Nc3ccc(N4CCNCC4)nc3)nc12. The lowest BCUT2D eigenvalue weighted by Crippen LogP contribution is -2.43. The van der Waals surface area contributed by atoms with Crippen LogP contribution in [0.4, 0.5) is 21.8 Å². The number of benzene rings is 2. The van der Waals surface area contributed by atoms with E-state index in [4.69, 9.17) is 14.5 Å². The summed E-state index contributed by atoms with van der Waals surface area (Å²) < 4.78 is 26.5. The molecule has 0 saturated carbocycles. The summed E-state index contributed by atoms with van der Waals surface area (Å²) in [5.41, 5.74) is 2.56. The maximum Gasteiger partial charge on any atom is 0.227 e. The molecule has 4 aromatic rings. The van der Waals surface area contributed by atoms with Crippen LogP contribution in [0.5, 0.6) is 5.75 Å². The number of rotatable bonds is 8. The Bertz CT molecular complexity index is 1410. The molecular formula is C29H32FN7O2. The Morgan fingerprint density at radius 1 is 0.949 bits per heavy atom. The fraction of sp³-hybridized carbons (Fsp3) is 0.345. The first-order valence-electron chi connectivity index (χ1n) is 13.4. The van der Waals surface area contributed by atoms with Gasteiger partial charge in [-0.3, -0.25) is 4.90 Å². The second-order valence-corrected chi connectivity index (χ2v) is 9.65. The highest BCUT2D eigenvalue weighted by molar-refractivity contribution is 5.94. The number of halogens is 1. The van der Waals surface area contributed by atoms with Crippen molar-refractivity contribution in [3.8, 4) is 16.9 Å². The van der Waals surface area contributed by atoms with Gasteiger partial charge in [-0.05, 0) is 30.3 Å². The molecule has 9 nitrogen and oxygen atoms in total. The summed E-state index contributed by atoms with van der Waals surface area (Å²) in [5.74, 6) is 1.67. The van der Waals surface area contributed by atoms with E-state index < -0.39 is 0 Å². The molecule has 0 atom stereocenters. The minimum absolute atomic E-state index is 0.330. The third-order valence-corrected chi connectivity index (χ3v) is 7.06. The monoisotopic (exact) mass is 529 g/mol. The largest absolute Gasteiger partial charge is 0.492 e. The fourth-order valence-electron chi connectivity index (χ4n) is 4.92. The van der Waals surface area contributed by atoms with E-state index in [2.05, 4.69) is 30.4 Å². The molecule has 2 aromatic carbocycles. The van der Waals surface area contributed by atoms with Crippen LogP contribution in [0, 0.1) is 5.82 Å². The molecule has 2 fully saturated rings. The number of hydrogen-bond acceptors (Lipinski definition) is 9. The average molecular weight is 530 g/mol. The molecule has 2 aromatic heterocycles. The van der Waals surface area contributed by atoms with E-state index in [1.807, 2.05) is 30.3 Å². The van der Waals surface area contributed by atoms with Gasteiger partial charge in [0.05, 0.1) is 30.6 Å². The first-order valence-corrected chi connectivity index (χ1v) is 13.4. The smallest absolute Gasteiger partial charge is 0.227 e. The van der Waals surface area contributed by atoms with Crippen molar-refractivity contribution in [3.05, 3.63) is 66.7 Å². The zero-order valence-corrected chi connectivity index (χ0v) is 21.8. The molecule has 2 N–H and O–H groups in total. The number of pyridine rings is 1. The van der Waals surface area contributed by atoms with E-state index in [1.165, 1.54) is 6.07 Å². The van der Waals surface area contributed by atoms with Crippen LogP contribution in [-0.2, 0) is 4.74 Å². The topological polar surface area (TPSA) is 87.7 Å². The lowest BCUT2D eigenvalue weighted by atomic mass is 10.0. The number of anilines is 3. The highest BCUT2D eigenvalue weighted by Gasteiger charge is 2.15. The van der Waals surface area contributed by atoms with Gasteiger partial charge in [-0.1, -0.05) is 18.2 Å². The van der Waals surface area contributed by atoms with Gasteiger partial charge < -0.3 is 25.0 Å². The minimum Gasteiger partial charge on any atom is -0.492 e. The standard InChI is InChI=1S/C29H32FN7O2/c30-26-6-5-23(39-17-14-36-12-15-38-16-13-36)18-25(26)24-3-1-2-21-19-33-29(35-28(21)24)34-22-4-7-27(32-20-22)37-10-8-31-9-11-37/h1-7,18-20,31H,8-17H2,(H,33,34,35). The normalized spacial score (nSPS) is 16.4. The molecule has 0 bridgehead atoms. The van der Waals surface area contributed by atoms with Gasteiger partial charge in [0.25, 0.3) is 0 Å². The number of fused-ring (bicyclic) bond motifs is 1. The summed E-state index contributed by atoms with van der Waals surface area (Å²) in [4.78, 5) is 18.4. The molecule has 2 aliphatic heterocycles. The number of hydrogen-bond donors (Lipinski definition) is 2. The van der Waals surface area contributed by atoms with Crippen LogP contribution in [-0.4, -0.2) is 85.5 Å². The summed E-state index contributed by atoms with van der Waals surface area (Å²) in [6, 6.07) is 14.5. The predicted octanol–water partition coefficient (Wildman–Crippen LogP) is 3.70. The zero-order valence-electron chi connectivity index (χ0n) is 21.8. The number of morpholine rings is 1.